The van der Waals surface area contributed by atoms with E-state index in [2.05, 4.69) is 10.6 Å². The summed E-state index contributed by atoms with van der Waals surface area (Å²) in [6, 6.07) is 14.7. The van der Waals surface area contributed by atoms with E-state index in [1.807, 2.05) is 31.2 Å². The maximum absolute atomic E-state index is 12.0. The molecule has 0 saturated carbocycles. The molecule has 0 aliphatic heterocycles. The summed E-state index contributed by atoms with van der Waals surface area (Å²) >= 11 is 1.63. The Morgan fingerprint density at radius 2 is 1.79 bits per heavy atom. The summed E-state index contributed by atoms with van der Waals surface area (Å²) in [5, 5.41) is 5.13. The van der Waals surface area contributed by atoms with Crippen LogP contribution in [-0.4, -0.2) is 50.3 Å². The Labute approximate surface area is 174 Å². The third-order valence-corrected chi connectivity index (χ3v) is 4.82. The first-order chi connectivity index (χ1) is 14.0. The van der Waals surface area contributed by atoms with Crippen LogP contribution < -0.4 is 15.4 Å². The molecule has 8 heteroatoms. The Morgan fingerprint density at radius 3 is 2.52 bits per heavy atom. The lowest BCUT2D eigenvalue weighted by Crippen LogP contribution is -2.34. The molecule has 0 bridgehead atoms. The van der Waals surface area contributed by atoms with Crippen molar-refractivity contribution < 1.29 is 23.9 Å². The highest BCUT2D eigenvalue weighted by Crippen LogP contribution is 2.17. The molecule has 2 N–H and O–H groups in total. The van der Waals surface area contributed by atoms with Gasteiger partial charge in [0.25, 0.3) is 11.8 Å². The van der Waals surface area contributed by atoms with Crippen LogP contribution in [0.5, 0.6) is 5.75 Å². The Kier molecular flexibility index (Phi) is 9.04. The van der Waals surface area contributed by atoms with Crippen molar-refractivity contribution in [1.82, 2.24) is 10.6 Å². The Hall–Kier alpha value is -3.00. The predicted octanol–water partition coefficient (Wildman–Crippen LogP) is 2.19. The minimum absolute atomic E-state index is 0.327. The number of ether oxygens (including phenoxy) is 2. The van der Waals surface area contributed by atoms with E-state index in [4.69, 9.17) is 9.47 Å². The summed E-state index contributed by atoms with van der Waals surface area (Å²) in [5.41, 5.74) is 1.56. The van der Waals surface area contributed by atoms with Gasteiger partial charge in [-0.3, -0.25) is 14.4 Å². The van der Waals surface area contributed by atoms with Gasteiger partial charge in [-0.25, -0.2) is 0 Å². The number of rotatable bonds is 10. The molecule has 0 fully saturated rings. The molecule has 0 radical (unpaired) electrons. The summed E-state index contributed by atoms with van der Waals surface area (Å²) in [6.45, 7) is 1.78. The van der Waals surface area contributed by atoms with E-state index in [0.717, 1.165) is 4.90 Å². The Bertz CT molecular complexity index is 839. The van der Waals surface area contributed by atoms with Crippen LogP contribution in [0.4, 0.5) is 0 Å². The van der Waals surface area contributed by atoms with E-state index in [1.54, 1.807) is 36.0 Å². The SMILES string of the molecule is COc1cccc(C(=O)NCC(=O)OCC(=O)NCCSc2ccc(C)cc2)c1. The number of thioether (sulfide) groups is 1. The Morgan fingerprint density at radius 1 is 1.03 bits per heavy atom. The first kappa shape index (κ1) is 22.3. The predicted molar refractivity (Wildman–Crippen MR) is 111 cm³/mol. The van der Waals surface area contributed by atoms with Crippen molar-refractivity contribution >= 4 is 29.5 Å². The van der Waals surface area contributed by atoms with Crippen LogP contribution in [-0.2, 0) is 14.3 Å². The standard InChI is InChI=1S/C21H24N2O5S/c1-15-6-8-18(9-7-15)29-11-10-22-19(24)14-28-20(25)13-23-21(26)16-4-3-5-17(12-16)27-2/h3-9,12H,10-11,13-14H2,1-2H3,(H,22,24)(H,23,26). The van der Waals surface area contributed by atoms with Gasteiger partial charge in [-0.2, -0.15) is 0 Å². The first-order valence-corrected chi connectivity index (χ1v) is 10.0. The number of amides is 2. The van der Waals surface area contributed by atoms with Gasteiger partial charge in [0, 0.05) is 22.8 Å². The van der Waals surface area contributed by atoms with Gasteiger partial charge in [-0.1, -0.05) is 23.8 Å². The van der Waals surface area contributed by atoms with Crippen LogP contribution in [0.2, 0.25) is 0 Å². The monoisotopic (exact) mass is 416 g/mol. The maximum atomic E-state index is 12.0. The van der Waals surface area contributed by atoms with Crippen molar-refractivity contribution in [3.05, 3.63) is 59.7 Å². The highest BCUT2D eigenvalue weighted by atomic mass is 32.2. The maximum Gasteiger partial charge on any atom is 0.325 e. The second-order valence-corrected chi connectivity index (χ2v) is 7.26. The summed E-state index contributed by atoms with van der Waals surface area (Å²) in [4.78, 5) is 36.6. The molecule has 2 aromatic rings. The normalized spacial score (nSPS) is 10.1. The zero-order valence-electron chi connectivity index (χ0n) is 16.4. The first-order valence-electron chi connectivity index (χ1n) is 9.02. The van der Waals surface area contributed by atoms with Crippen LogP contribution in [0, 0.1) is 6.92 Å². The van der Waals surface area contributed by atoms with Crippen LogP contribution in [0.25, 0.3) is 0 Å². The zero-order chi connectivity index (χ0) is 21.1. The third-order valence-electron chi connectivity index (χ3n) is 3.80. The van der Waals surface area contributed by atoms with E-state index in [-0.39, 0.29) is 19.1 Å². The molecule has 0 aliphatic rings. The largest absolute Gasteiger partial charge is 0.497 e. The number of methoxy groups -OCH3 is 1. The summed E-state index contributed by atoms with van der Waals surface area (Å²) in [5.74, 6) is -0.262. The number of hydrogen-bond acceptors (Lipinski definition) is 6. The average Bonchev–Trinajstić information content (AvgIpc) is 2.74. The third kappa shape index (κ3) is 8.27. The molecule has 0 atom stereocenters. The van der Waals surface area contributed by atoms with E-state index in [0.29, 0.717) is 23.6 Å². The molecule has 154 valence electrons. The molecule has 0 saturated heterocycles. The summed E-state index contributed by atoms with van der Waals surface area (Å²) in [6.07, 6.45) is 0. The lowest BCUT2D eigenvalue weighted by atomic mass is 10.2. The number of carbonyl (C=O) groups is 3. The number of carbonyl (C=O) groups excluding carboxylic acids is 3. The van der Waals surface area contributed by atoms with E-state index in [1.165, 1.54) is 12.7 Å². The minimum atomic E-state index is -0.689. The van der Waals surface area contributed by atoms with Crippen LogP contribution in [0.1, 0.15) is 15.9 Å². The fraction of sp³-hybridized carbons (Fsp3) is 0.286. The number of aryl methyl sites for hydroxylation is 1. The Balaban J connectivity index is 1.59. The lowest BCUT2D eigenvalue weighted by molar-refractivity contribution is -0.147. The number of hydrogen-bond donors (Lipinski definition) is 2. The van der Waals surface area contributed by atoms with Gasteiger partial charge in [0.05, 0.1) is 7.11 Å². The second-order valence-electron chi connectivity index (χ2n) is 6.09. The minimum Gasteiger partial charge on any atom is -0.497 e. The summed E-state index contributed by atoms with van der Waals surface area (Å²) < 4.78 is 9.91. The fourth-order valence-electron chi connectivity index (χ4n) is 2.26. The van der Waals surface area contributed by atoms with Gasteiger partial charge < -0.3 is 20.1 Å². The smallest absolute Gasteiger partial charge is 0.325 e. The summed E-state index contributed by atoms with van der Waals surface area (Å²) in [7, 11) is 1.50. The molecule has 0 unspecified atom stereocenters. The molecule has 2 amide bonds. The second kappa shape index (κ2) is 11.8. The van der Waals surface area contributed by atoms with Gasteiger partial charge in [0.1, 0.15) is 12.3 Å². The molecule has 7 nitrogen and oxygen atoms in total. The van der Waals surface area contributed by atoms with Gasteiger partial charge in [0.15, 0.2) is 6.61 Å². The van der Waals surface area contributed by atoms with E-state index in [9.17, 15) is 14.4 Å². The van der Waals surface area contributed by atoms with Crippen molar-refractivity contribution in [2.45, 2.75) is 11.8 Å². The molecule has 2 rings (SSSR count). The lowest BCUT2D eigenvalue weighted by Gasteiger charge is -2.08. The van der Waals surface area contributed by atoms with E-state index >= 15 is 0 Å². The molecule has 0 aliphatic carbocycles. The molecule has 0 heterocycles. The average molecular weight is 416 g/mol. The van der Waals surface area contributed by atoms with Crippen molar-refractivity contribution in [2.24, 2.45) is 0 Å². The molecule has 2 aromatic carbocycles. The highest BCUT2D eigenvalue weighted by molar-refractivity contribution is 7.99. The van der Waals surface area contributed by atoms with Crippen molar-refractivity contribution in [3.8, 4) is 5.75 Å². The number of nitrogens with one attached hydrogen (secondary N) is 2. The van der Waals surface area contributed by atoms with Gasteiger partial charge >= 0.3 is 5.97 Å². The molecule has 0 spiro atoms. The number of benzene rings is 2. The highest BCUT2D eigenvalue weighted by Gasteiger charge is 2.11. The van der Waals surface area contributed by atoms with Crippen molar-refractivity contribution in [3.63, 3.8) is 0 Å². The molecule has 29 heavy (non-hydrogen) atoms. The fourth-order valence-corrected chi connectivity index (χ4v) is 3.03. The quantitative estimate of drug-likeness (QED) is 0.350. The van der Waals surface area contributed by atoms with Crippen LogP contribution in [0.15, 0.2) is 53.4 Å². The van der Waals surface area contributed by atoms with Crippen molar-refractivity contribution in [1.29, 1.82) is 0 Å². The molecular formula is C21H24N2O5S. The van der Waals surface area contributed by atoms with Crippen LogP contribution in [0.3, 0.4) is 0 Å². The molecule has 0 aromatic heterocycles. The topological polar surface area (TPSA) is 93.7 Å². The van der Waals surface area contributed by atoms with Gasteiger partial charge in [-0.15, -0.1) is 11.8 Å². The molecular weight excluding hydrogens is 392 g/mol. The van der Waals surface area contributed by atoms with E-state index < -0.39 is 11.9 Å². The van der Waals surface area contributed by atoms with Crippen molar-refractivity contribution in [2.75, 3.05) is 32.6 Å². The van der Waals surface area contributed by atoms with Gasteiger partial charge in [-0.05, 0) is 37.3 Å². The zero-order valence-corrected chi connectivity index (χ0v) is 17.2. The van der Waals surface area contributed by atoms with Gasteiger partial charge in [0.2, 0.25) is 0 Å². The number of esters is 1. The van der Waals surface area contributed by atoms with Crippen LogP contribution >= 0.6 is 11.8 Å².